The van der Waals surface area contributed by atoms with Crippen LogP contribution in [-0.2, 0) is 11.2 Å². The summed E-state index contributed by atoms with van der Waals surface area (Å²) < 4.78 is 5.64. The second-order valence-electron chi connectivity index (χ2n) is 6.13. The van der Waals surface area contributed by atoms with Gasteiger partial charge in [0.05, 0.1) is 0 Å². The Morgan fingerprint density at radius 2 is 2.27 bits per heavy atom. The van der Waals surface area contributed by atoms with Crippen LogP contribution in [0.5, 0.6) is 0 Å². The minimum Gasteiger partial charge on any atom is -0.381 e. The van der Waals surface area contributed by atoms with E-state index in [4.69, 9.17) is 4.74 Å². The van der Waals surface area contributed by atoms with Crippen LogP contribution in [0, 0.1) is 12.8 Å². The highest BCUT2D eigenvalue weighted by Crippen LogP contribution is 2.28. The van der Waals surface area contributed by atoms with Gasteiger partial charge in [-0.1, -0.05) is 0 Å². The first-order chi connectivity index (χ1) is 10.7. The number of hydrogen-bond acceptors (Lipinski definition) is 3. The summed E-state index contributed by atoms with van der Waals surface area (Å²) in [5, 5.41) is 6.81. The fourth-order valence-corrected chi connectivity index (χ4v) is 3.31. The molecular formula is C17H29N3OS. The lowest BCUT2D eigenvalue weighted by molar-refractivity contribution is 0.123. The van der Waals surface area contributed by atoms with Crippen molar-refractivity contribution in [1.29, 1.82) is 0 Å². The van der Waals surface area contributed by atoms with Crippen molar-refractivity contribution in [1.82, 2.24) is 10.6 Å². The van der Waals surface area contributed by atoms with Crippen LogP contribution in [0.1, 0.15) is 35.9 Å². The lowest BCUT2D eigenvalue weighted by Crippen LogP contribution is -2.43. The van der Waals surface area contributed by atoms with E-state index >= 15 is 0 Å². The molecule has 0 amide bonds. The average Bonchev–Trinajstić information content (AvgIpc) is 3.23. The van der Waals surface area contributed by atoms with E-state index in [1.807, 2.05) is 18.4 Å². The number of aliphatic imine (C=N–C) groups is 1. The van der Waals surface area contributed by atoms with Gasteiger partial charge < -0.3 is 15.4 Å². The summed E-state index contributed by atoms with van der Waals surface area (Å²) in [6, 6.07) is 4.77. The summed E-state index contributed by atoms with van der Waals surface area (Å²) in [6.07, 6.45) is 4.77. The first-order valence-electron chi connectivity index (χ1n) is 8.27. The van der Waals surface area contributed by atoms with Crippen molar-refractivity contribution in [3.63, 3.8) is 0 Å². The fraction of sp³-hybridized carbons (Fsp3) is 0.706. The molecule has 1 atom stereocenters. The summed E-state index contributed by atoms with van der Waals surface area (Å²) in [5.74, 6) is 1.73. The van der Waals surface area contributed by atoms with Crippen molar-refractivity contribution in [3.8, 4) is 0 Å². The van der Waals surface area contributed by atoms with Crippen LogP contribution in [0.2, 0.25) is 0 Å². The van der Waals surface area contributed by atoms with Crippen molar-refractivity contribution in [3.05, 3.63) is 21.9 Å². The van der Waals surface area contributed by atoms with Gasteiger partial charge in [-0.05, 0) is 51.2 Å². The highest BCUT2D eigenvalue weighted by atomic mass is 32.1. The fourth-order valence-electron chi connectivity index (χ4n) is 2.29. The first kappa shape index (κ1) is 17.3. The number of thiophene rings is 1. The van der Waals surface area contributed by atoms with Gasteiger partial charge in [-0.15, -0.1) is 11.3 Å². The molecule has 0 saturated heterocycles. The van der Waals surface area contributed by atoms with Gasteiger partial charge in [0.2, 0.25) is 0 Å². The Morgan fingerprint density at radius 1 is 1.45 bits per heavy atom. The van der Waals surface area contributed by atoms with Crippen molar-refractivity contribution >= 4 is 17.3 Å². The average molecular weight is 324 g/mol. The number of nitrogens with zero attached hydrogens (tertiary/aromatic N) is 1. The normalized spacial score (nSPS) is 16.6. The highest BCUT2D eigenvalue weighted by molar-refractivity contribution is 7.11. The second kappa shape index (κ2) is 9.16. The second-order valence-corrected chi connectivity index (χ2v) is 7.51. The van der Waals surface area contributed by atoms with Crippen LogP contribution >= 0.6 is 11.3 Å². The third-order valence-corrected chi connectivity index (χ3v) is 4.74. The molecule has 1 fully saturated rings. The molecule has 0 bridgehead atoms. The molecule has 5 heteroatoms. The molecule has 1 heterocycles. The molecule has 1 aliphatic carbocycles. The van der Waals surface area contributed by atoms with Gasteiger partial charge in [0.15, 0.2) is 5.96 Å². The Labute approximate surface area is 138 Å². The van der Waals surface area contributed by atoms with Crippen molar-refractivity contribution in [2.45, 2.75) is 45.6 Å². The molecule has 1 saturated carbocycles. The lowest BCUT2D eigenvalue weighted by Gasteiger charge is -2.17. The highest BCUT2D eigenvalue weighted by Gasteiger charge is 2.20. The molecule has 2 rings (SSSR count). The first-order valence-corrected chi connectivity index (χ1v) is 9.09. The molecule has 0 radical (unpaired) electrons. The van der Waals surface area contributed by atoms with E-state index in [-0.39, 0.29) is 0 Å². The van der Waals surface area contributed by atoms with Crippen molar-refractivity contribution in [2.75, 3.05) is 26.8 Å². The van der Waals surface area contributed by atoms with Gasteiger partial charge in [0.25, 0.3) is 0 Å². The molecule has 1 aromatic heterocycles. The summed E-state index contributed by atoms with van der Waals surface area (Å²) in [5.41, 5.74) is 0. The molecule has 0 aliphatic heterocycles. The van der Waals surface area contributed by atoms with Crippen LogP contribution in [-0.4, -0.2) is 38.8 Å². The van der Waals surface area contributed by atoms with Gasteiger partial charge in [0, 0.05) is 49.0 Å². The maximum Gasteiger partial charge on any atom is 0.191 e. The van der Waals surface area contributed by atoms with E-state index in [9.17, 15) is 0 Å². The number of guanidine groups is 1. The third kappa shape index (κ3) is 6.79. The topological polar surface area (TPSA) is 45.7 Å². The number of hydrogen-bond donors (Lipinski definition) is 2. The van der Waals surface area contributed by atoms with Gasteiger partial charge in [-0.3, -0.25) is 4.99 Å². The Morgan fingerprint density at radius 3 is 2.91 bits per heavy atom. The Balaban J connectivity index is 1.57. The Hall–Kier alpha value is -1.07. The molecule has 1 unspecified atom stereocenters. The van der Waals surface area contributed by atoms with E-state index in [0.717, 1.165) is 44.5 Å². The summed E-state index contributed by atoms with van der Waals surface area (Å²) in [4.78, 5) is 7.08. The van der Waals surface area contributed by atoms with Crippen molar-refractivity contribution < 1.29 is 4.74 Å². The van der Waals surface area contributed by atoms with E-state index in [1.165, 1.54) is 22.6 Å². The summed E-state index contributed by atoms with van der Waals surface area (Å²) in [6.45, 7) is 7.03. The zero-order chi connectivity index (χ0) is 15.8. The number of nitrogens with one attached hydrogen (secondary N) is 2. The van der Waals surface area contributed by atoms with E-state index in [2.05, 4.69) is 41.6 Å². The van der Waals surface area contributed by atoms with Gasteiger partial charge in [-0.2, -0.15) is 0 Å². The minimum absolute atomic E-state index is 0.371. The maximum atomic E-state index is 5.64. The molecule has 1 aliphatic rings. The van der Waals surface area contributed by atoms with Gasteiger partial charge >= 0.3 is 0 Å². The Kier molecular flexibility index (Phi) is 7.19. The van der Waals surface area contributed by atoms with Crippen LogP contribution in [0.15, 0.2) is 17.1 Å². The van der Waals surface area contributed by atoms with E-state index < -0.39 is 0 Å². The smallest absolute Gasteiger partial charge is 0.191 e. The van der Waals surface area contributed by atoms with Gasteiger partial charge in [-0.25, -0.2) is 0 Å². The van der Waals surface area contributed by atoms with Crippen molar-refractivity contribution in [2.24, 2.45) is 10.9 Å². The molecule has 22 heavy (non-hydrogen) atoms. The number of rotatable bonds is 9. The molecule has 4 nitrogen and oxygen atoms in total. The lowest BCUT2D eigenvalue weighted by atomic mass is 10.2. The summed E-state index contributed by atoms with van der Waals surface area (Å²) >= 11 is 1.87. The van der Waals surface area contributed by atoms with Crippen LogP contribution < -0.4 is 10.6 Å². The van der Waals surface area contributed by atoms with E-state index in [0.29, 0.717) is 6.04 Å². The zero-order valence-corrected chi connectivity index (χ0v) is 14.8. The molecule has 2 N–H and O–H groups in total. The van der Waals surface area contributed by atoms with E-state index in [1.54, 1.807) is 0 Å². The molecular weight excluding hydrogens is 294 g/mol. The molecule has 0 aromatic carbocycles. The minimum atomic E-state index is 0.371. The van der Waals surface area contributed by atoms with Crippen LogP contribution in [0.3, 0.4) is 0 Å². The summed E-state index contributed by atoms with van der Waals surface area (Å²) in [7, 11) is 1.82. The van der Waals surface area contributed by atoms with Crippen LogP contribution in [0.4, 0.5) is 0 Å². The van der Waals surface area contributed by atoms with Gasteiger partial charge in [0.1, 0.15) is 0 Å². The monoisotopic (exact) mass is 323 g/mol. The largest absolute Gasteiger partial charge is 0.381 e. The third-order valence-electron chi connectivity index (χ3n) is 3.72. The van der Waals surface area contributed by atoms with Crippen LogP contribution in [0.25, 0.3) is 0 Å². The Bertz CT molecular complexity index is 468. The standard InChI is InChI=1S/C17H29N3OS/c1-13(11-16-8-5-14(2)22-16)20-17(18-3)19-9-4-10-21-12-15-6-7-15/h5,8,13,15H,4,6-7,9-12H2,1-3H3,(H2,18,19,20). The number of ether oxygens (including phenoxy) is 1. The predicted octanol–water partition coefficient (Wildman–Crippen LogP) is 2.97. The molecule has 1 aromatic rings. The zero-order valence-electron chi connectivity index (χ0n) is 14.0. The molecule has 124 valence electrons. The maximum absolute atomic E-state index is 5.64. The number of aryl methyl sites for hydroxylation is 1. The molecule has 0 spiro atoms. The predicted molar refractivity (Wildman–Crippen MR) is 94.9 cm³/mol. The quantitative estimate of drug-likeness (QED) is 0.417. The SMILES string of the molecule is CN=C(NCCCOCC1CC1)NC(C)Cc1ccc(C)s1.